The van der Waals surface area contributed by atoms with Gasteiger partial charge in [-0.2, -0.15) is 0 Å². The minimum atomic E-state index is -0.565. The van der Waals surface area contributed by atoms with E-state index in [9.17, 15) is 15.0 Å². The predicted molar refractivity (Wildman–Crippen MR) is 112 cm³/mol. The second-order valence-corrected chi connectivity index (χ2v) is 7.54. The van der Waals surface area contributed by atoms with Crippen LogP contribution >= 0.6 is 0 Å². The van der Waals surface area contributed by atoms with Crippen LogP contribution in [0.25, 0.3) is 11.3 Å². The minimum Gasteiger partial charge on any atom is -0.505 e. The molecule has 0 atom stereocenters. The monoisotopic (exact) mass is 378 g/mol. The van der Waals surface area contributed by atoms with Crippen molar-refractivity contribution in [2.75, 3.05) is 5.32 Å². The van der Waals surface area contributed by atoms with Gasteiger partial charge in [0.2, 0.25) is 5.88 Å². The Morgan fingerprint density at radius 2 is 1.57 bits per heavy atom. The van der Waals surface area contributed by atoms with E-state index in [1.807, 2.05) is 56.3 Å². The van der Waals surface area contributed by atoms with E-state index in [0.717, 1.165) is 5.56 Å². The molecule has 0 aliphatic rings. The molecule has 2 aromatic carbocycles. The molecule has 3 aromatic rings. The number of amides is 1. The lowest BCUT2D eigenvalue weighted by molar-refractivity contribution is 0.102. The number of carbonyl (C=O) groups excluding carboxylic acids is 1. The molecule has 1 heterocycles. The third-order valence-corrected chi connectivity index (χ3v) is 4.88. The van der Waals surface area contributed by atoms with E-state index in [-0.39, 0.29) is 23.1 Å². The summed E-state index contributed by atoms with van der Waals surface area (Å²) < 4.78 is 0. The molecule has 0 bridgehead atoms. The highest BCUT2D eigenvalue weighted by molar-refractivity contribution is 6.09. The fourth-order valence-corrected chi connectivity index (χ4v) is 3.24. The predicted octanol–water partition coefficient (Wildman–Crippen LogP) is 5.59. The van der Waals surface area contributed by atoms with Gasteiger partial charge in [-0.3, -0.25) is 4.79 Å². The average Bonchev–Trinajstić information content (AvgIpc) is 2.96. The van der Waals surface area contributed by atoms with Gasteiger partial charge >= 0.3 is 0 Å². The van der Waals surface area contributed by atoms with E-state index in [4.69, 9.17) is 0 Å². The van der Waals surface area contributed by atoms with E-state index < -0.39 is 5.91 Å². The zero-order valence-electron chi connectivity index (χ0n) is 16.6. The van der Waals surface area contributed by atoms with Crippen molar-refractivity contribution < 1.29 is 15.0 Å². The van der Waals surface area contributed by atoms with Crippen molar-refractivity contribution in [1.82, 2.24) is 4.98 Å². The van der Waals surface area contributed by atoms with Crippen molar-refractivity contribution >= 4 is 11.6 Å². The Kier molecular flexibility index (Phi) is 5.45. The van der Waals surface area contributed by atoms with Crippen LogP contribution in [-0.4, -0.2) is 21.1 Å². The first kappa shape index (κ1) is 19.5. The maximum atomic E-state index is 12.8. The molecule has 28 heavy (non-hydrogen) atoms. The molecule has 3 rings (SSSR count). The Bertz CT molecular complexity index is 986. The van der Waals surface area contributed by atoms with Crippen molar-refractivity contribution in [3.05, 3.63) is 65.2 Å². The summed E-state index contributed by atoms with van der Waals surface area (Å²) in [4.78, 5) is 15.5. The van der Waals surface area contributed by atoms with Gasteiger partial charge in [0.1, 0.15) is 5.56 Å². The first-order chi connectivity index (χ1) is 13.3. The van der Waals surface area contributed by atoms with Crippen LogP contribution < -0.4 is 5.32 Å². The molecule has 0 saturated heterocycles. The van der Waals surface area contributed by atoms with Gasteiger partial charge in [-0.05, 0) is 29.0 Å². The molecule has 0 aliphatic carbocycles. The van der Waals surface area contributed by atoms with E-state index >= 15 is 0 Å². The zero-order chi connectivity index (χ0) is 20.4. The topological polar surface area (TPSA) is 85.3 Å². The van der Waals surface area contributed by atoms with E-state index in [1.165, 1.54) is 5.56 Å². The van der Waals surface area contributed by atoms with Gasteiger partial charge in [-0.15, -0.1) is 0 Å². The van der Waals surface area contributed by atoms with Crippen molar-refractivity contribution in [3.8, 4) is 22.9 Å². The van der Waals surface area contributed by atoms with Gasteiger partial charge in [-0.1, -0.05) is 70.2 Å². The number of H-pyrrole nitrogens is 1. The Balaban J connectivity index is 1.93. The Labute approximate surface area is 165 Å². The molecule has 0 unspecified atom stereocenters. The fourth-order valence-electron chi connectivity index (χ4n) is 3.24. The summed E-state index contributed by atoms with van der Waals surface area (Å²) in [5.41, 5.74) is 3.65. The summed E-state index contributed by atoms with van der Waals surface area (Å²) in [7, 11) is 0. The highest BCUT2D eigenvalue weighted by atomic mass is 16.3. The smallest absolute Gasteiger partial charge is 0.264 e. The van der Waals surface area contributed by atoms with Crippen molar-refractivity contribution in [2.24, 2.45) is 0 Å². The van der Waals surface area contributed by atoms with Gasteiger partial charge in [0, 0.05) is 11.3 Å². The standard InChI is InChI=1S/C23H26N2O3/c1-13(2)15-9-11-16(12-10-15)20-21(26)19(23(28)25-20)22(27)24-18-8-6-5-7-17(18)14(3)4/h5-14,25-26,28H,1-4H3,(H,24,27). The van der Waals surface area contributed by atoms with Gasteiger partial charge in [-0.25, -0.2) is 0 Å². The van der Waals surface area contributed by atoms with Gasteiger partial charge < -0.3 is 20.5 Å². The Hall–Kier alpha value is -3.21. The summed E-state index contributed by atoms with van der Waals surface area (Å²) >= 11 is 0. The normalized spacial score (nSPS) is 11.2. The van der Waals surface area contributed by atoms with Crippen molar-refractivity contribution in [2.45, 2.75) is 39.5 Å². The maximum absolute atomic E-state index is 12.8. The molecule has 0 radical (unpaired) electrons. The molecule has 5 nitrogen and oxygen atoms in total. The third-order valence-electron chi connectivity index (χ3n) is 4.88. The molecule has 146 valence electrons. The molecule has 0 aliphatic heterocycles. The SMILES string of the molecule is CC(C)c1ccc(-c2[nH]c(O)c(C(=O)Nc3ccccc3C(C)C)c2O)cc1. The minimum absolute atomic E-state index is 0.165. The van der Waals surface area contributed by atoms with Gasteiger partial charge in [0.15, 0.2) is 5.75 Å². The summed E-state index contributed by atoms with van der Waals surface area (Å²) in [6.07, 6.45) is 0. The van der Waals surface area contributed by atoms with Crippen LogP contribution in [-0.2, 0) is 0 Å². The van der Waals surface area contributed by atoms with Crippen LogP contribution in [0.2, 0.25) is 0 Å². The quantitative estimate of drug-likeness (QED) is 0.467. The number of hydrogen-bond donors (Lipinski definition) is 4. The average molecular weight is 378 g/mol. The largest absolute Gasteiger partial charge is 0.505 e. The van der Waals surface area contributed by atoms with Crippen molar-refractivity contribution in [3.63, 3.8) is 0 Å². The van der Waals surface area contributed by atoms with Crippen LogP contribution in [0.3, 0.4) is 0 Å². The summed E-state index contributed by atoms with van der Waals surface area (Å²) in [5, 5.41) is 23.7. The molecular weight excluding hydrogens is 352 g/mol. The molecule has 1 aromatic heterocycles. The lowest BCUT2D eigenvalue weighted by Crippen LogP contribution is -2.13. The van der Waals surface area contributed by atoms with Gasteiger partial charge in [0.25, 0.3) is 5.91 Å². The van der Waals surface area contributed by atoms with E-state index in [2.05, 4.69) is 24.1 Å². The highest BCUT2D eigenvalue weighted by Gasteiger charge is 2.24. The number of aromatic nitrogens is 1. The summed E-state index contributed by atoms with van der Waals surface area (Å²) in [6.45, 7) is 8.28. The number of para-hydroxylation sites is 1. The maximum Gasteiger partial charge on any atom is 0.264 e. The fraction of sp³-hybridized carbons (Fsp3) is 0.261. The number of carbonyl (C=O) groups is 1. The highest BCUT2D eigenvalue weighted by Crippen LogP contribution is 2.38. The lowest BCUT2D eigenvalue weighted by atomic mass is 10.0. The van der Waals surface area contributed by atoms with Crippen LogP contribution in [0.1, 0.15) is 61.0 Å². The summed E-state index contributed by atoms with van der Waals surface area (Å²) in [5.74, 6) is -0.583. The number of nitrogens with one attached hydrogen (secondary N) is 2. The second-order valence-electron chi connectivity index (χ2n) is 7.54. The van der Waals surface area contributed by atoms with Gasteiger partial charge in [0.05, 0.1) is 5.69 Å². The first-order valence-corrected chi connectivity index (χ1v) is 9.44. The number of anilines is 1. The van der Waals surface area contributed by atoms with E-state index in [0.29, 0.717) is 22.9 Å². The summed E-state index contributed by atoms with van der Waals surface area (Å²) in [6, 6.07) is 15.1. The lowest BCUT2D eigenvalue weighted by Gasteiger charge is -2.13. The van der Waals surface area contributed by atoms with Crippen molar-refractivity contribution in [1.29, 1.82) is 0 Å². The van der Waals surface area contributed by atoms with Crippen LogP contribution in [0.15, 0.2) is 48.5 Å². The molecule has 0 saturated carbocycles. The molecule has 0 fully saturated rings. The van der Waals surface area contributed by atoms with Crippen LogP contribution in [0.4, 0.5) is 5.69 Å². The molecular formula is C23H26N2O3. The Morgan fingerprint density at radius 3 is 2.18 bits per heavy atom. The number of hydrogen-bond acceptors (Lipinski definition) is 3. The van der Waals surface area contributed by atoms with Crippen LogP contribution in [0, 0.1) is 0 Å². The number of aromatic amines is 1. The number of benzene rings is 2. The molecule has 5 heteroatoms. The number of rotatable bonds is 5. The zero-order valence-corrected chi connectivity index (χ0v) is 16.6. The molecule has 0 spiro atoms. The first-order valence-electron chi connectivity index (χ1n) is 9.44. The Morgan fingerprint density at radius 1 is 0.929 bits per heavy atom. The molecule has 4 N–H and O–H groups in total. The van der Waals surface area contributed by atoms with Crippen LogP contribution in [0.5, 0.6) is 11.6 Å². The third kappa shape index (κ3) is 3.74. The van der Waals surface area contributed by atoms with E-state index in [1.54, 1.807) is 6.07 Å². The molecule has 1 amide bonds. The number of aromatic hydroxyl groups is 2. The second kappa shape index (κ2) is 7.80.